The Morgan fingerprint density at radius 3 is 2.56 bits per heavy atom. The molecule has 0 spiro atoms. The van der Waals surface area contributed by atoms with Crippen molar-refractivity contribution in [1.82, 2.24) is 4.98 Å². The third kappa shape index (κ3) is 3.20. The van der Waals surface area contributed by atoms with Gasteiger partial charge < -0.3 is 10.0 Å². The van der Waals surface area contributed by atoms with Crippen LogP contribution in [0.15, 0.2) is 24.4 Å². The van der Waals surface area contributed by atoms with E-state index in [4.69, 9.17) is 5.11 Å². The minimum Gasteiger partial charge on any atom is -0.478 e. The predicted molar refractivity (Wildman–Crippen MR) is 60.0 cm³/mol. The summed E-state index contributed by atoms with van der Waals surface area (Å²) < 4.78 is 0. The van der Waals surface area contributed by atoms with Crippen LogP contribution in [0.2, 0.25) is 0 Å². The Hall–Kier alpha value is -2.17. The van der Waals surface area contributed by atoms with Crippen molar-refractivity contribution < 1.29 is 14.7 Å². The number of carbonyl (C=O) groups is 2. The first-order valence-electron chi connectivity index (χ1n) is 4.62. The number of carboxylic acids is 1. The summed E-state index contributed by atoms with van der Waals surface area (Å²) >= 11 is 0. The second-order valence-electron chi connectivity index (χ2n) is 3.20. The molecule has 0 saturated carbocycles. The fourth-order valence-electron chi connectivity index (χ4n) is 1.02. The maximum Gasteiger partial charge on any atom is 0.328 e. The number of carbonyl (C=O) groups excluding carboxylic acids is 1. The van der Waals surface area contributed by atoms with E-state index in [2.05, 4.69) is 4.98 Å². The largest absolute Gasteiger partial charge is 0.478 e. The highest BCUT2D eigenvalue weighted by molar-refractivity contribution is 5.90. The van der Waals surface area contributed by atoms with Crippen LogP contribution in [-0.2, 0) is 9.59 Å². The van der Waals surface area contributed by atoms with Crippen molar-refractivity contribution >= 4 is 23.8 Å². The molecule has 0 aliphatic rings. The molecule has 1 amide bonds. The van der Waals surface area contributed by atoms with Gasteiger partial charge in [0, 0.05) is 26.2 Å². The number of hydrogen-bond acceptors (Lipinski definition) is 3. The van der Waals surface area contributed by atoms with Crippen molar-refractivity contribution in [3.05, 3.63) is 30.0 Å². The lowest BCUT2D eigenvalue weighted by Crippen LogP contribution is -2.23. The van der Waals surface area contributed by atoms with E-state index >= 15 is 0 Å². The average Bonchev–Trinajstić information content (AvgIpc) is 2.26. The van der Waals surface area contributed by atoms with E-state index < -0.39 is 5.97 Å². The summed E-state index contributed by atoms with van der Waals surface area (Å²) in [5, 5.41) is 8.43. The van der Waals surface area contributed by atoms with E-state index in [9.17, 15) is 9.59 Å². The summed E-state index contributed by atoms with van der Waals surface area (Å²) in [7, 11) is 1.62. The molecule has 0 unspecified atom stereocenters. The average molecular weight is 220 g/mol. The number of aliphatic carboxylic acids is 1. The number of amides is 1. The molecule has 84 valence electrons. The molecule has 1 N–H and O–H groups in total. The van der Waals surface area contributed by atoms with Gasteiger partial charge in [-0.05, 0) is 23.8 Å². The third-order valence-corrected chi connectivity index (χ3v) is 2.01. The van der Waals surface area contributed by atoms with E-state index in [1.54, 1.807) is 19.2 Å². The smallest absolute Gasteiger partial charge is 0.328 e. The topological polar surface area (TPSA) is 70.5 Å². The van der Waals surface area contributed by atoms with Crippen LogP contribution in [-0.4, -0.2) is 29.0 Å². The summed E-state index contributed by atoms with van der Waals surface area (Å²) in [5.41, 5.74) is 0.670. The van der Waals surface area contributed by atoms with E-state index in [-0.39, 0.29) is 5.91 Å². The highest BCUT2D eigenvalue weighted by atomic mass is 16.4. The van der Waals surface area contributed by atoms with Gasteiger partial charge in [-0.1, -0.05) is 0 Å². The quantitative estimate of drug-likeness (QED) is 0.776. The molecule has 0 atom stereocenters. The van der Waals surface area contributed by atoms with Gasteiger partial charge in [-0.3, -0.25) is 4.79 Å². The van der Waals surface area contributed by atoms with Crippen molar-refractivity contribution in [3.8, 4) is 0 Å². The number of nitrogens with zero attached hydrogens (tertiary/aromatic N) is 2. The highest BCUT2D eigenvalue weighted by Gasteiger charge is 2.05. The lowest BCUT2D eigenvalue weighted by molar-refractivity contribution is -0.131. The summed E-state index contributed by atoms with van der Waals surface area (Å²) in [6, 6.07) is 3.35. The monoisotopic (exact) mass is 220 g/mol. The Morgan fingerprint density at radius 2 is 2.12 bits per heavy atom. The minimum absolute atomic E-state index is 0.110. The fraction of sp³-hybridized carbons (Fsp3) is 0.182. The predicted octanol–water partition coefficient (Wildman–Crippen LogP) is 1.16. The lowest BCUT2D eigenvalue weighted by atomic mass is 10.2. The SMILES string of the molecule is CC(=O)N(C)c1ccc(C=CC(=O)O)cn1. The van der Waals surface area contributed by atoms with E-state index in [1.807, 2.05) is 0 Å². The van der Waals surface area contributed by atoms with Gasteiger partial charge in [0.15, 0.2) is 0 Å². The molecule has 0 aliphatic heterocycles. The highest BCUT2D eigenvalue weighted by Crippen LogP contribution is 2.10. The molecular formula is C11H12N2O3. The Kier molecular flexibility index (Phi) is 3.77. The Labute approximate surface area is 93.0 Å². The number of rotatable bonds is 3. The van der Waals surface area contributed by atoms with Gasteiger partial charge in [-0.25, -0.2) is 9.78 Å². The van der Waals surface area contributed by atoms with Gasteiger partial charge in [0.1, 0.15) is 5.82 Å². The number of carboxylic acid groups (broad SMARTS) is 1. The van der Waals surface area contributed by atoms with Gasteiger partial charge in [0.05, 0.1) is 0 Å². The van der Waals surface area contributed by atoms with Crippen molar-refractivity contribution in [2.24, 2.45) is 0 Å². The van der Waals surface area contributed by atoms with Gasteiger partial charge >= 0.3 is 5.97 Å². The van der Waals surface area contributed by atoms with Crippen molar-refractivity contribution in [2.75, 3.05) is 11.9 Å². The molecule has 1 aromatic heterocycles. The van der Waals surface area contributed by atoms with Crippen LogP contribution in [0.25, 0.3) is 6.08 Å². The Bertz CT molecular complexity index is 423. The molecule has 1 heterocycles. The molecular weight excluding hydrogens is 208 g/mol. The summed E-state index contributed by atoms with van der Waals surface area (Å²) in [6.45, 7) is 1.44. The van der Waals surface area contributed by atoms with Gasteiger partial charge in [0.2, 0.25) is 5.91 Å². The van der Waals surface area contributed by atoms with Crippen LogP contribution >= 0.6 is 0 Å². The molecule has 16 heavy (non-hydrogen) atoms. The second-order valence-corrected chi connectivity index (χ2v) is 3.20. The van der Waals surface area contributed by atoms with Crippen LogP contribution in [0.5, 0.6) is 0 Å². The number of anilines is 1. The Balaban J connectivity index is 2.83. The van der Waals surface area contributed by atoms with Gasteiger partial charge in [0.25, 0.3) is 0 Å². The molecule has 5 heteroatoms. The molecule has 0 aliphatic carbocycles. The van der Waals surface area contributed by atoms with Crippen LogP contribution < -0.4 is 4.90 Å². The van der Waals surface area contributed by atoms with Gasteiger partial charge in [-0.15, -0.1) is 0 Å². The number of pyridine rings is 1. The second kappa shape index (κ2) is 5.06. The Morgan fingerprint density at radius 1 is 1.44 bits per heavy atom. The zero-order chi connectivity index (χ0) is 12.1. The first-order valence-corrected chi connectivity index (χ1v) is 4.62. The molecule has 1 rings (SSSR count). The zero-order valence-corrected chi connectivity index (χ0v) is 9.04. The van der Waals surface area contributed by atoms with Crippen molar-refractivity contribution in [2.45, 2.75) is 6.92 Å². The van der Waals surface area contributed by atoms with Crippen molar-refractivity contribution in [1.29, 1.82) is 0 Å². The lowest BCUT2D eigenvalue weighted by Gasteiger charge is -2.13. The van der Waals surface area contributed by atoms with Crippen LogP contribution in [0.3, 0.4) is 0 Å². The molecule has 0 fully saturated rings. The van der Waals surface area contributed by atoms with Crippen LogP contribution in [0.4, 0.5) is 5.82 Å². The van der Waals surface area contributed by atoms with Crippen molar-refractivity contribution in [3.63, 3.8) is 0 Å². The molecule has 1 aromatic rings. The summed E-state index contributed by atoms with van der Waals surface area (Å²) in [6.07, 6.45) is 3.98. The van der Waals surface area contributed by atoms with E-state index in [1.165, 1.54) is 24.1 Å². The number of hydrogen-bond donors (Lipinski definition) is 1. The van der Waals surface area contributed by atoms with E-state index in [0.29, 0.717) is 11.4 Å². The summed E-state index contributed by atoms with van der Waals surface area (Å²) in [5.74, 6) is -0.591. The van der Waals surface area contributed by atoms with E-state index in [0.717, 1.165) is 6.08 Å². The van der Waals surface area contributed by atoms with Crippen LogP contribution in [0, 0.1) is 0 Å². The molecule has 5 nitrogen and oxygen atoms in total. The van der Waals surface area contributed by atoms with Crippen LogP contribution in [0.1, 0.15) is 12.5 Å². The molecule has 0 saturated heterocycles. The summed E-state index contributed by atoms with van der Waals surface area (Å²) in [4.78, 5) is 26.8. The maximum absolute atomic E-state index is 11.0. The third-order valence-electron chi connectivity index (χ3n) is 2.01. The first-order chi connectivity index (χ1) is 7.50. The zero-order valence-electron chi connectivity index (χ0n) is 9.04. The molecule has 0 aromatic carbocycles. The molecule has 0 radical (unpaired) electrons. The maximum atomic E-state index is 11.0. The number of aromatic nitrogens is 1. The standard InChI is InChI=1S/C11H12N2O3/c1-8(14)13(2)10-5-3-9(7-12-10)4-6-11(15)16/h3-7H,1-2H3,(H,15,16). The fourth-order valence-corrected chi connectivity index (χ4v) is 1.02. The normalized spacial score (nSPS) is 10.4. The molecule has 0 bridgehead atoms. The van der Waals surface area contributed by atoms with Gasteiger partial charge in [-0.2, -0.15) is 0 Å². The minimum atomic E-state index is -1.01. The first kappa shape index (κ1) is 11.9.